The van der Waals surface area contributed by atoms with Gasteiger partial charge in [-0.05, 0) is 194 Å². The van der Waals surface area contributed by atoms with E-state index in [1.807, 2.05) is 125 Å². The third-order valence-electron chi connectivity index (χ3n) is 23.6. The van der Waals surface area contributed by atoms with Crippen LogP contribution in [0.15, 0.2) is 238 Å². The topological polar surface area (TPSA) is 305 Å². The van der Waals surface area contributed by atoms with Gasteiger partial charge in [-0.3, -0.25) is 9.88 Å². The molecule has 0 bridgehead atoms. The highest BCUT2D eigenvalue weighted by molar-refractivity contribution is 5.97. The van der Waals surface area contributed by atoms with Crippen LogP contribution in [0.2, 0.25) is 0 Å². The van der Waals surface area contributed by atoms with Gasteiger partial charge in [0, 0.05) is 122 Å². The van der Waals surface area contributed by atoms with Crippen LogP contribution in [0, 0.1) is 45.2 Å². The minimum absolute atomic E-state index is 0.291. The molecular formula is C100H103F2N25O. The number of pyridine rings is 1. The van der Waals surface area contributed by atoms with Crippen molar-refractivity contribution in [3.05, 3.63) is 300 Å². The van der Waals surface area contributed by atoms with Crippen LogP contribution in [-0.4, -0.2) is 133 Å². The molecule has 26 nitrogen and oxygen atoms in total. The summed E-state index contributed by atoms with van der Waals surface area (Å²) in [5.74, 6) is 5.57. The van der Waals surface area contributed by atoms with E-state index in [-0.39, 0.29) is 11.6 Å². The molecule has 0 unspecified atom stereocenters. The van der Waals surface area contributed by atoms with Gasteiger partial charge in [-0.25, -0.2) is 33.7 Å². The summed E-state index contributed by atoms with van der Waals surface area (Å²) in [6.45, 7) is 16.5. The van der Waals surface area contributed by atoms with Crippen LogP contribution in [0.3, 0.4) is 0 Å². The van der Waals surface area contributed by atoms with Crippen molar-refractivity contribution < 1.29 is 13.5 Å². The van der Waals surface area contributed by atoms with Crippen LogP contribution in [0.25, 0.3) is 43.6 Å². The van der Waals surface area contributed by atoms with Crippen LogP contribution >= 0.6 is 0 Å². The average molecular weight is 1710 g/mol. The number of hydrogen-bond donors (Lipinski definition) is 8. The molecule has 0 spiro atoms. The number of benzene rings is 8. The Morgan fingerprint density at radius 3 is 1.47 bits per heavy atom. The van der Waals surface area contributed by atoms with Crippen molar-refractivity contribution in [3.8, 4) is 0 Å². The first-order chi connectivity index (χ1) is 62.8. The van der Waals surface area contributed by atoms with E-state index in [1.54, 1.807) is 61.7 Å². The quantitative estimate of drug-likeness (QED) is 0.0313. The molecule has 8 N–H and O–H groups in total. The Morgan fingerprint density at radius 2 is 0.898 bits per heavy atom. The van der Waals surface area contributed by atoms with Crippen molar-refractivity contribution in [2.24, 2.45) is 5.92 Å². The molecule has 128 heavy (non-hydrogen) atoms. The number of aryl methyl sites for hydroxylation is 4. The fourth-order valence-corrected chi connectivity index (χ4v) is 16.9. The van der Waals surface area contributed by atoms with Gasteiger partial charge in [-0.1, -0.05) is 148 Å². The normalized spacial score (nSPS) is 14.3. The molecule has 0 radical (unpaired) electrons. The molecule has 2 saturated heterocycles. The first kappa shape index (κ1) is 85.8. The summed E-state index contributed by atoms with van der Waals surface area (Å²) in [6, 6.07) is 61.2. The highest BCUT2D eigenvalue weighted by Gasteiger charge is 2.21. The summed E-state index contributed by atoms with van der Waals surface area (Å²) in [5.41, 5.74) is 19.3. The summed E-state index contributed by atoms with van der Waals surface area (Å²) in [5, 5.41) is 55.2. The predicted molar refractivity (Wildman–Crippen MR) is 506 cm³/mol. The Kier molecular flexibility index (Phi) is 27.9. The summed E-state index contributed by atoms with van der Waals surface area (Å²) < 4.78 is 34.0. The number of hydrogen-bond acceptors (Lipinski definition) is 26. The Balaban J connectivity index is 0.000000120. The van der Waals surface area contributed by atoms with Crippen LogP contribution < -0.4 is 47.4 Å². The Bertz CT molecular complexity index is 6470. The molecule has 28 heteroatoms. The second kappa shape index (κ2) is 41.6. The molecule has 0 amide bonds. The number of morpholine rings is 1. The zero-order valence-electron chi connectivity index (χ0n) is 72.3. The Labute approximate surface area is 742 Å². The van der Waals surface area contributed by atoms with Crippen LogP contribution in [0.4, 0.5) is 95.4 Å². The zero-order valence-corrected chi connectivity index (χ0v) is 72.3. The van der Waals surface area contributed by atoms with Gasteiger partial charge < -0.3 is 52.2 Å². The molecule has 4 aliphatic rings. The molecule has 8 aromatic heterocycles. The lowest BCUT2D eigenvalue weighted by molar-refractivity contribution is 0.0342. The highest BCUT2D eigenvalue weighted by Crippen LogP contribution is 2.37. The number of piperazine rings is 1. The molecule has 4 fully saturated rings. The minimum Gasteiger partial charge on any atom is -0.379 e. The van der Waals surface area contributed by atoms with Gasteiger partial charge in [0.2, 0.25) is 17.8 Å². The Hall–Kier alpha value is -14.4. The number of aromatic nitrogens is 15. The maximum absolute atomic E-state index is 14.5. The summed E-state index contributed by atoms with van der Waals surface area (Å²) in [6.07, 6.45) is 28.5. The molecular weight excluding hydrogens is 1610 g/mol. The number of nitrogens with zero attached hydrogens (tertiary/aromatic N) is 17. The number of ether oxygens (including phenoxy) is 1. The lowest BCUT2D eigenvalue weighted by atomic mass is 9.84. The fourth-order valence-electron chi connectivity index (χ4n) is 16.9. The number of nitrogens with one attached hydrogen (secondary N) is 8. The maximum Gasteiger partial charge on any atom is 0.229 e. The molecule has 2 saturated carbocycles. The van der Waals surface area contributed by atoms with E-state index in [0.29, 0.717) is 64.6 Å². The first-order valence-corrected chi connectivity index (χ1v) is 44.0. The minimum atomic E-state index is -0.316. The first-order valence-electron chi connectivity index (χ1n) is 44.0. The van der Waals surface area contributed by atoms with Crippen LogP contribution in [-0.2, 0) is 24.1 Å². The molecule has 648 valence electrons. The summed E-state index contributed by atoms with van der Waals surface area (Å²) >= 11 is 0. The smallest absolute Gasteiger partial charge is 0.229 e. The van der Waals surface area contributed by atoms with Gasteiger partial charge in [0.15, 0.2) is 0 Å². The van der Waals surface area contributed by atoms with Crippen LogP contribution in [0.5, 0.6) is 0 Å². The molecule has 2 aliphatic heterocycles. The van der Waals surface area contributed by atoms with Gasteiger partial charge in [0.05, 0.1) is 82.3 Å². The van der Waals surface area contributed by atoms with E-state index in [0.717, 1.165) is 177 Å². The molecule has 16 aromatic rings. The number of anilines is 15. The van der Waals surface area contributed by atoms with E-state index in [1.165, 1.54) is 105 Å². The lowest BCUT2D eigenvalue weighted by Gasteiger charge is -2.29. The van der Waals surface area contributed by atoms with Crippen molar-refractivity contribution in [2.45, 2.75) is 117 Å². The number of fused-ring (bicyclic) bond motifs is 4. The second-order valence-corrected chi connectivity index (χ2v) is 32.8. The maximum atomic E-state index is 14.5. The van der Waals surface area contributed by atoms with Gasteiger partial charge in [0.1, 0.15) is 40.7 Å². The highest BCUT2D eigenvalue weighted by atomic mass is 19.1. The largest absolute Gasteiger partial charge is 0.379 e. The molecule has 2 aliphatic carbocycles. The third-order valence-corrected chi connectivity index (χ3v) is 23.6. The molecule has 8 aromatic carbocycles. The standard InChI is InChI=1S/C26H27FN6.C25H26N6O.C25H26N6.C24H24FN7/c1-17-6-5-9-20-23(16-29-33-25(17)20)30-24-12-13-28-26(32-24)31-22-15-19(10-11-21(22)27)14-18-7-3-2-4-8-18;1-18-4-2-7-21-22(16-27-30-25(18)21)28-23-8-9-26-24(29-23)15-19-5-3-6-20(14-19)17-31-10-12-32-13-11-31;1-17-6-5-9-21-22(16-27-31-24(17)21)29-23-14-15-26-25(30-23)28-20-12-10-19(11-13-20)18-7-3-2-4-8-18;1-16-14-17(25)15-20-21(6-8-27-23(16)20)30-22-7-9-28-24(31-22)29-18-2-4-19(5-3-18)32-12-10-26-11-13-32/h5-6,9-13,15-16,18H,2-4,7-8,14H2,1H3,(H2,28,30,31,32,33);2-9,14,16H,10-13,15,17H2,1H3,(H,26,28,29,30);5-6,9-16,18H,2-4,7-8H2,1H3,(H2,26,28,29,30,31);2-9,14-15,26H,10-13H2,1H3,(H2,27,28,29,30,31). The van der Waals surface area contributed by atoms with Gasteiger partial charge in [-0.15, -0.1) is 0 Å². The average Bonchev–Trinajstić information content (AvgIpc) is 0.882. The van der Waals surface area contributed by atoms with E-state index in [4.69, 9.17) is 9.72 Å². The predicted octanol–water partition coefficient (Wildman–Crippen LogP) is 21.0. The SMILES string of the molecule is Cc1cc(F)cc2c(Nc3ccnc(Nc4ccc(N5CCNCC5)cc4)n3)ccnc12.Cc1cccc2c(Nc3ccnc(Cc4cccc(CN5CCOCC5)c4)n3)cnnc12.Cc1cccc2c(Nc3ccnc(Nc4cc(CC5CCCCC5)ccc4F)n3)cnnc12.Cc1cccc2c(Nc3ccnc(Nc4ccc(C5CCCCC5)cc4)n3)cnnc12. The van der Waals surface area contributed by atoms with Gasteiger partial charge in [-0.2, -0.15) is 45.5 Å². The molecule has 0 atom stereocenters. The molecule has 10 heterocycles. The number of rotatable bonds is 22. The van der Waals surface area contributed by atoms with E-state index >= 15 is 0 Å². The summed E-state index contributed by atoms with van der Waals surface area (Å²) in [7, 11) is 0. The number of halogens is 2. The zero-order chi connectivity index (χ0) is 87.3. The van der Waals surface area contributed by atoms with E-state index in [2.05, 4.69) is 183 Å². The fraction of sp³-hybridized carbons (Fsp3) is 0.270. The second-order valence-electron chi connectivity index (χ2n) is 32.8. The van der Waals surface area contributed by atoms with Gasteiger partial charge >= 0.3 is 0 Å². The van der Waals surface area contributed by atoms with E-state index < -0.39 is 0 Å². The summed E-state index contributed by atoms with van der Waals surface area (Å²) in [4.78, 5) is 45.1. The van der Waals surface area contributed by atoms with Crippen molar-refractivity contribution in [3.63, 3.8) is 0 Å². The van der Waals surface area contributed by atoms with Crippen LogP contribution in [0.1, 0.15) is 120 Å². The van der Waals surface area contributed by atoms with E-state index in [9.17, 15) is 8.78 Å². The molecule has 20 rings (SSSR count). The third kappa shape index (κ3) is 22.5. The van der Waals surface area contributed by atoms with Crippen molar-refractivity contribution >= 4 is 130 Å². The Morgan fingerprint density at radius 1 is 0.398 bits per heavy atom. The van der Waals surface area contributed by atoms with Gasteiger partial charge in [0.25, 0.3) is 0 Å². The lowest BCUT2D eigenvalue weighted by Crippen LogP contribution is -2.43. The monoisotopic (exact) mass is 1710 g/mol. The van der Waals surface area contributed by atoms with Crippen molar-refractivity contribution in [1.29, 1.82) is 0 Å². The van der Waals surface area contributed by atoms with Crippen molar-refractivity contribution in [1.82, 2.24) is 85.7 Å². The van der Waals surface area contributed by atoms with Crippen molar-refractivity contribution in [2.75, 3.05) is 94.6 Å².